The molecular formula is C17H19NO2. The second-order valence-corrected chi connectivity index (χ2v) is 4.98. The quantitative estimate of drug-likeness (QED) is 0.891. The molecule has 0 aliphatic heterocycles. The van der Waals surface area contributed by atoms with Gasteiger partial charge in [-0.25, -0.2) is 0 Å². The Hall–Kier alpha value is -2.29. The number of aryl methyl sites for hydroxylation is 2. The lowest BCUT2D eigenvalue weighted by Crippen LogP contribution is -2.13. The Morgan fingerprint density at radius 1 is 1.10 bits per heavy atom. The molecule has 104 valence electrons. The highest BCUT2D eigenvalue weighted by molar-refractivity contribution is 5.91. The molecule has 0 aromatic heterocycles. The summed E-state index contributed by atoms with van der Waals surface area (Å²) in [6.07, 6.45) is 1.14. The van der Waals surface area contributed by atoms with E-state index in [4.69, 9.17) is 0 Å². The van der Waals surface area contributed by atoms with Crippen molar-refractivity contribution < 1.29 is 9.90 Å². The third-order valence-corrected chi connectivity index (χ3v) is 3.34. The molecule has 0 atom stereocenters. The van der Waals surface area contributed by atoms with Crippen LogP contribution in [0.2, 0.25) is 0 Å². The first-order valence-corrected chi connectivity index (χ1v) is 6.70. The van der Waals surface area contributed by atoms with Crippen LogP contribution in [0.5, 0.6) is 5.75 Å². The molecule has 0 radical (unpaired) electrons. The number of carbonyl (C=O) groups is 1. The Kier molecular flexibility index (Phi) is 4.41. The summed E-state index contributed by atoms with van der Waals surface area (Å²) in [4.78, 5) is 11.9. The van der Waals surface area contributed by atoms with Crippen molar-refractivity contribution in [3.63, 3.8) is 0 Å². The third kappa shape index (κ3) is 3.60. The van der Waals surface area contributed by atoms with Crippen molar-refractivity contribution in [1.29, 1.82) is 0 Å². The van der Waals surface area contributed by atoms with E-state index >= 15 is 0 Å². The Labute approximate surface area is 119 Å². The standard InChI is InChI=1S/C17H19NO2/c1-12-6-8-14(9-7-12)10-11-17(20)18-15-4-3-5-16(19)13(15)2/h3-9,19H,10-11H2,1-2H3,(H,18,20). The van der Waals surface area contributed by atoms with E-state index in [1.165, 1.54) is 5.56 Å². The number of benzene rings is 2. The zero-order valence-electron chi connectivity index (χ0n) is 11.8. The second-order valence-electron chi connectivity index (χ2n) is 4.98. The Balaban J connectivity index is 1.92. The van der Waals surface area contributed by atoms with Gasteiger partial charge < -0.3 is 10.4 Å². The second kappa shape index (κ2) is 6.24. The number of aromatic hydroxyl groups is 1. The fraction of sp³-hybridized carbons (Fsp3) is 0.235. The van der Waals surface area contributed by atoms with Crippen molar-refractivity contribution in [3.8, 4) is 5.75 Å². The van der Waals surface area contributed by atoms with Gasteiger partial charge in [-0.1, -0.05) is 35.9 Å². The van der Waals surface area contributed by atoms with Crippen LogP contribution in [0.1, 0.15) is 23.1 Å². The van der Waals surface area contributed by atoms with Crippen LogP contribution in [0.3, 0.4) is 0 Å². The molecule has 0 heterocycles. The van der Waals surface area contributed by atoms with E-state index in [0.29, 0.717) is 24.1 Å². The van der Waals surface area contributed by atoms with Crippen LogP contribution >= 0.6 is 0 Å². The molecule has 3 nitrogen and oxygen atoms in total. The van der Waals surface area contributed by atoms with Gasteiger partial charge in [-0.15, -0.1) is 0 Å². The molecule has 20 heavy (non-hydrogen) atoms. The minimum atomic E-state index is -0.0423. The largest absolute Gasteiger partial charge is 0.508 e. The van der Waals surface area contributed by atoms with Gasteiger partial charge in [0.05, 0.1) is 0 Å². The van der Waals surface area contributed by atoms with Gasteiger partial charge in [0.15, 0.2) is 0 Å². The van der Waals surface area contributed by atoms with E-state index in [0.717, 1.165) is 5.56 Å². The van der Waals surface area contributed by atoms with Gasteiger partial charge in [0.2, 0.25) is 5.91 Å². The first-order valence-electron chi connectivity index (χ1n) is 6.70. The predicted octanol–water partition coefficient (Wildman–Crippen LogP) is 3.58. The number of rotatable bonds is 4. The maximum atomic E-state index is 11.9. The number of anilines is 1. The molecule has 1 amide bonds. The van der Waals surface area contributed by atoms with Crippen LogP contribution in [0.4, 0.5) is 5.69 Å². The number of phenols is 1. The molecule has 0 saturated carbocycles. The highest BCUT2D eigenvalue weighted by atomic mass is 16.3. The van der Waals surface area contributed by atoms with Gasteiger partial charge in [-0.3, -0.25) is 4.79 Å². The summed E-state index contributed by atoms with van der Waals surface area (Å²) in [5.74, 6) is 0.153. The van der Waals surface area contributed by atoms with E-state index < -0.39 is 0 Å². The van der Waals surface area contributed by atoms with Crippen molar-refractivity contribution in [2.24, 2.45) is 0 Å². The summed E-state index contributed by atoms with van der Waals surface area (Å²) in [7, 11) is 0. The van der Waals surface area contributed by atoms with Crippen LogP contribution in [0.15, 0.2) is 42.5 Å². The molecule has 0 unspecified atom stereocenters. The molecule has 0 saturated heterocycles. The van der Waals surface area contributed by atoms with Crippen LogP contribution < -0.4 is 5.32 Å². The summed E-state index contributed by atoms with van der Waals surface area (Å²) in [6.45, 7) is 3.83. The van der Waals surface area contributed by atoms with Gasteiger partial charge in [0.25, 0.3) is 0 Å². The number of amides is 1. The van der Waals surface area contributed by atoms with Crippen molar-refractivity contribution in [2.75, 3.05) is 5.32 Å². The number of nitrogens with one attached hydrogen (secondary N) is 1. The summed E-state index contributed by atoms with van der Waals surface area (Å²) in [6, 6.07) is 13.3. The molecule has 3 heteroatoms. The van der Waals surface area contributed by atoms with E-state index in [1.54, 1.807) is 25.1 Å². The van der Waals surface area contributed by atoms with E-state index in [2.05, 4.69) is 5.32 Å². The van der Waals surface area contributed by atoms with Crippen LogP contribution in [-0.4, -0.2) is 11.0 Å². The average Bonchev–Trinajstić information content (AvgIpc) is 2.43. The maximum absolute atomic E-state index is 11.9. The maximum Gasteiger partial charge on any atom is 0.224 e. The first-order chi connectivity index (χ1) is 9.56. The van der Waals surface area contributed by atoms with Gasteiger partial charge in [0, 0.05) is 17.7 Å². The smallest absolute Gasteiger partial charge is 0.224 e. The normalized spacial score (nSPS) is 10.3. The Morgan fingerprint density at radius 2 is 1.80 bits per heavy atom. The first kappa shape index (κ1) is 14.1. The van der Waals surface area contributed by atoms with Gasteiger partial charge >= 0.3 is 0 Å². The highest BCUT2D eigenvalue weighted by Crippen LogP contribution is 2.23. The average molecular weight is 269 g/mol. The fourth-order valence-corrected chi connectivity index (χ4v) is 1.98. The molecule has 0 fully saturated rings. The SMILES string of the molecule is Cc1ccc(CCC(=O)Nc2cccc(O)c2C)cc1. The summed E-state index contributed by atoms with van der Waals surface area (Å²) < 4.78 is 0. The zero-order valence-corrected chi connectivity index (χ0v) is 11.8. The highest BCUT2D eigenvalue weighted by Gasteiger charge is 2.07. The van der Waals surface area contributed by atoms with E-state index in [1.807, 2.05) is 31.2 Å². The van der Waals surface area contributed by atoms with E-state index in [9.17, 15) is 9.90 Å². The van der Waals surface area contributed by atoms with Crippen molar-refractivity contribution >= 4 is 11.6 Å². The van der Waals surface area contributed by atoms with Crippen molar-refractivity contribution in [3.05, 3.63) is 59.2 Å². The van der Waals surface area contributed by atoms with Crippen LogP contribution in [0, 0.1) is 13.8 Å². The lowest BCUT2D eigenvalue weighted by Gasteiger charge is -2.09. The number of carbonyl (C=O) groups excluding carboxylic acids is 1. The van der Waals surface area contributed by atoms with Crippen molar-refractivity contribution in [2.45, 2.75) is 26.7 Å². The summed E-state index contributed by atoms with van der Waals surface area (Å²) >= 11 is 0. The molecule has 0 aliphatic carbocycles. The minimum absolute atomic E-state index is 0.0423. The number of phenolic OH excluding ortho intramolecular Hbond substituents is 1. The minimum Gasteiger partial charge on any atom is -0.508 e. The van der Waals surface area contributed by atoms with Crippen LogP contribution in [0.25, 0.3) is 0 Å². The lowest BCUT2D eigenvalue weighted by molar-refractivity contribution is -0.116. The molecule has 2 aromatic carbocycles. The predicted molar refractivity (Wildman–Crippen MR) is 81.0 cm³/mol. The van der Waals surface area contributed by atoms with Gasteiger partial charge in [-0.2, -0.15) is 0 Å². The summed E-state index contributed by atoms with van der Waals surface area (Å²) in [5, 5.41) is 12.4. The van der Waals surface area contributed by atoms with Gasteiger partial charge in [0.1, 0.15) is 5.75 Å². The molecule has 2 N–H and O–H groups in total. The fourth-order valence-electron chi connectivity index (χ4n) is 1.98. The Morgan fingerprint density at radius 3 is 2.50 bits per heavy atom. The molecule has 0 bridgehead atoms. The van der Waals surface area contributed by atoms with Crippen LogP contribution in [-0.2, 0) is 11.2 Å². The van der Waals surface area contributed by atoms with Gasteiger partial charge in [-0.05, 0) is 38.0 Å². The molecule has 2 rings (SSSR count). The molecule has 0 spiro atoms. The van der Waals surface area contributed by atoms with Crippen molar-refractivity contribution in [1.82, 2.24) is 0 Å². The zero-order chi connectivity index (χ0) is 14.5. The molecule has 0 aliphatic rings. The third-order valence-electron chi connectivity index (χ3n) is 3.34. The lowest BCUT2D eigenvalue weighted by atomic mass is 10.1. The monoisotopic (exact) mass is 269 g/mol. The topological polar surface area (TPSA) is 49.3 Å². The summed E-state index contributed by atoms with van der Waals surface area (Å²) in [5.41, 5.74) is 3.72. The molecule has 2 aromatic rings. The van der Waals surface area contributed by atoms with E-state index in [-0.39, 0.29) is 11.7 Å². The molecular weight excluding hydrogens is 250 g/mol. The Bertz CT molecular complexity index is 603. The number of hydrogen-bond donors (Lipinski definition) is 2. The number of hydrogen-bond acceptors (Lipinski definition) is 2.